The van der Waals surface area contributed by atoms with Crippen LogP contribution >= 0.6 is 6.80 Å². The van der Waals surface area contributed by atoms with E-state index in [0.29, 0.717) is 0 Å². The maximum Gasteiger partial charge on any atom is 0.365 e. The first-order valence-electron chi connectivity index (χ1n) is 2.71. The SMILES string of the molecule is CCOP(F)(=S)OCC. The fourth-order valence-electron chi connectivity index (χ4n) is 0.346. The van der Waals surface area contributed by atoms with Crippen molar-refractivity contribution in [2.45, 2.75) is 13.8 Å². The Morgan fingerprint density at radius 3 is 1.89 bits per heavy atom. The predicted molar refractivity (Wildman–Crippen MR) is 38.6 cm³/mol. The van der Waals surface area contributed by atoms with Gasteiger partial charge in [-0.2, -0.15) is 4.20 Å². The minimum absolute atomic E-state index is 0.272. The topological polar surface area (TPSA) is 18.5 Å². The van der Waals surface area contributed by atoms with Crippen molar-refractivity contribution >= 4 is 18.6 Å². The molecule has 0 bridgehead atoms. The lowest BCUT2D eigenvalue weighted by molar-refractivity contribution is 0.238. The van der Waals surface area contributed by atoms with E-state index < -0.39 is 6.80 Å². The van der Waals surface area contributed by atoms with Crippen LogP contribution in [0.15, 0.2) is 0 Å². The maximum absolute atomic E-state index is 12.6. The molecule has 0 N–H and O–H groups in total. The number of halogens is 1. The van der Waals surface area contributed by atoms with Crippen LogP contribution in [0, 0.1) is 0 Å². The lowest BCUT2D eigenvalue weighted by Crippen LogP contribution is -1.88. The van der Waals surface area contributed by atoms with Gasteiger partial charge in [-0.3, -0.25) is 0 Å². The molecule has 0 radical (unpaired) electrons. The zero-order chi connectivity index (χ0) is 7.33. The van der Waals surface area contributed by atoms with Gasteiger partial charge in [0.05, 0.1) is 13.2 Å². The first-order chi connectivity index (χ1) is 4.12. The second-order valence-corrected chi connectivity index (χ2v) is 3.95. The zero-order valence-electron chi connectivity index (χ0n) is 5.46. The van der Waals surface area contributed by atoms with Gasteiger partial charge in [-0.1, -0.05) is 0 Å². The van der Waals surface area contributed by atoms with Gasteiger partial charge in [0.15, 0.2) is 0 Å². The van der Waals surface area contributed by atoms with Gasteiger partial charge in [0, 0.05) is 0 Å². The second-order valence-electron chi connectivity index (χ2n) is 1.27. The van der Waals surface area contributed by atoms with Crippen LogP contribution in [0.4, 0.5) is 4.20 Å². The fraction of sp³-hybridized carbons (Fsp3) is 1.00. The van der Waals surface area contributed by atoms with Crippen molar-refractivity contribution in [3.63, 3.8) is 0 Å². The summed E-state index contributed by atoms with van der Waals surface area (Å²) in [5, 5.41) is 0. The molecule has 0 fully saturated rings. The molecule has 0 unspecified atom stereocenters. The third-order valence-corrected chi connectivity index (χ3v) is 2.33. The Balaban J connectivity index is 3.58. The quantitative estimate of drug-likeness (QED) is 0.606. The third kappa shape index (κ3) is 4.97. The molecule has 56 valence electrons. The molecule has 0 saturated heterocycles. The van der Waals surface area contributed by atoms with Crippen molar-refractivity contribution in [3.05, 3.63) is 0 Å². The Labute approximate surface area is 59.6 Å². The highest BCUT2D eigenvalue weighted by Gasteiger charge is 2.14. The summed E-state index contributed by atoms with van der Waals surface area (Å²) >= 11 is 4.34. The van der Waals surface area contributed by atoms with E-state index in [-0.39, 0.29) is 13.2 Å². The van der Waals surface area contributed by atoms with E-state index >= 15 is 0 Å². The van der Waals surface area contributed by atoms with E-state index in [2.05, 4.69) is 20.9 Å². The van der Waals surface area contributed by atoms with Crippen LogP contribution in [0.1, 0.15) is 13.8 Å². The Kier molecular flexibility index (Phi) is 4.58. The molecule has 0 aromatic heterocycles. The van der Waals surface area contributed by atoms with Crippen LogP contribution in [0.5, 0.6) is 0 Å². The van der Waals surface area contributed by atoms with Crippen molar-refractivity contribution in [1.82, 2.24) is 0 Å². The van der Waals surface area contributed by atoms with Crippen molar-refractivity contribution in [2.24, 2.45) is 0 Å². The fourth-order valence-corrected chi connectivity index (χ4v) is 1.67. The van der Waals surface area contributed by atoms with Gasteiger partial charge in [-0.15, -0.1) is 0 Å². The largest absolute Gasteiger partial charge is 0.365 e. The summed E-state index contributed by atoms with van der Waals surface area (Å²) in [5.74, 6) is 0. The van der Waals surface area contributed by atoms with E-state index in [4.69, 9.17) is 0 Å². The lowest BCUT2D eigenvalue weighted by atomic mass is 10.9. The smallest absolute Gasteiger partial charge is 0.306 e. The maximum atomic E-state index is 12.6. The molecule has 0 aromatic carbocycles. The van der Waals surface area contributed by atoms with Gasteiger partial charge in [-0.25, -0.2) is 0 Å². The van der Waals surface area contributed by atoms with E-state index in [1.54, 1.807) is 13.8 Å². The van der Waals surface area contributed by atoms with Gasteiger partial charge < -0.3 is 9.05 Å². The monoisotopic (exact) mass is 172 g/mol. The summed E-state index contributed by atoms with van der Waals surface area (Å²) in [6.07, 6.45) is 0. The van der Waals surface area contributed by atoms with E-state index in [0.717, 1.165) is 0 Å². The normalized spacial score (nSPS) is 11.9. The van der Waals surface area contributed by atoms with Gasteiger partial charge >= 0.3 is 6.80 Å². The molecule has 0 aliphatic rings. The molecule has 0 aliphatic heterocycles. The second kappa shape index (κ2) is 4.34. The zero-order valence-corrected chi connectivity index (χ0v) is 7.18. The molecule has 2 nitrogen and oxygen atoms in total. The predicted octanol–water partition coefficient (Wildman–Crippen LogP) is 2.25. The molecule has 0 aromatic rings. The average Bonchev–Trinajstić information content (AvgIpc) is 1.64. The molecule has 0 rings (SSSR count). The minimum atomic E-state index is -3.36. The van der Waals surface area contributed by atoms with Crippen molar-refractivity contribution in [2.75, 3.05) is 13.2 Å². The number of hydrogen-bond acceptors (Lipinski definition) is 3. The molecule has 9 heavy (non-hydrogen) atoms. The molecule has 0 amide bonds. The van der Waals surface area contributed by atoms with Crippen molar-refractivity contribution < 1.29 is 13.2 Å². The van der Waals surface area contributed by atoms with Crippen LogP contribution in [0.25, 0.3) is 0 Å². The first-order valence-corrected chi connectivity index (χ1v) is 5.24. The summed E-state index contributed by atoms with van der Waals surface area (Å²) in [4.78, 5) is 0. The molecule has 0 atom stereocenters. The highest BCUT2D eigenvalue weighted by Crippen LogP contribution is 2.49. The molecule has 5 heteroatoms. The van der Waals surface area contributed by atoms with Crippen LogP contribution < -0.4 is 0 Å². The van der Waals surface area contributed by atoms with E-state index in [9.17, 15) is 4.20 Å². The molecular formula is C4H10FO2PS. The summed E-state index contributed by atoms with van der Waals surface area (Å²) in [6.45, 7) is 0.544. The van der Waals surface area contributed by atoms with E-state index in [1.807, 2.05) is 0 Å². The standard InChI is InChI=1S/C4H10FO2PS/c1-3-6-8(5,9)7-4-2/h3-4H2,1-2H3. The van der Waals surface area contributed by atoms with Gasteiger partial charge in [0.1, 0.15) is 0 Å². The summed E-state index contributed by atoms with van der Waals surface area (Å²) < 4.78 is 21.6. The van der Waals surface area contributed by atoms with Crippen LogP contribution in [-0.2, 0) is 20.9 Å². The molecule has 0 heterocycles. The summed E-state index contributed by atoms with van der Waals surface area (Å²) in [5.41, 5.74) is 0. The van der Waals surface area contributed by atoms with E-state index in [1.165, 1.54) is 0 Å². The highest BCUT2D eigenvalue weighted by molar-refractivity contribution is 8.07. The summed E-state index contributed by atoms with van der Waals surface area (Å²) in [7, 11) is 0. The minimum Gasteiger partial charge on any atom is -0.306 e. The number of hydrogen-bond donors (Lipinski definition) is 0. The van der Waals surface area contributed by atoms with Crippen LogP contribution in [-0.4, -0.2) is 13.2 Å². The Morgan fingerprint density at radius 2 is 1.67 bits per heavy atom. The Morgan fingerprint density at radius 1 is 1.33 bits per heavy atom. The van der Waals surface area contributed by atoms with Crippen molar-refractivity contribution in [3.8, 4) is 0 Å². The first kappa shape index (κ1) is 9.50. The van der Waals surface area contributed by atoms with Crippen molar-refractivity contribution in [1.29, 1.82) is 0 Å². The number of rotatable bonds is 4. The van der Waals surface area contributed by atoms with Crippen LogP contribution in [0.2, 0.25) is 0 Å². The lowest BCUT2D eigenvalue weighted by Gasteiger charge is -2.09. The average molecular weight is 172 g/mol. The van der Waals surface area contributed by atoms with Crippen LogP contribution in [0.3, 0.4) is 0 Å². The Bertz CT molecular complexity index is 109. The molecule has 0 saturated carbocycles. The molecular weight excluding hydrogens is 162 g/mol. The van der Waals surface area contributed by atoms with Gasteiger partial charge in [0.25, 0.3) is 0 Å². The van der Waals surface area contributed by atoms with Gasteiger partial charge in [0.2, 0.25) is 0 Å². The summed E-state index contributed by atoms with van der Waals surface area (Å²) in [6, 6.07) is 0. The molecule has 0 aliphatic carbocycles. The third-order valence-electron chi connectivity index (χ3n) is 0.567. The molecule has 0 spiro atoms. The van der Waals surface area contributed by atoms with Gasteiger partial charge in [-0.05, 0) is 25.7 Å². The highest BCUT2D eigenvalue weighted by atomic mass is 32.5. The Hall–Kier alpha value is 0.500.